The van der Waals surface area contributed by atoms with E-state index in [0.717, 1.165) is 41.9 Å². The quantitative estimate of drug-likeness (QED) is 0.280. The maximum Gasteiger partial charge on any atom is 0.261 e. The van der Waals surface area contributed by atoms with Crippen molar-refractivity contribution in [1.29, 1.82) is 0 Å². The number of aromatic amines is 2. The number of halogens is 1. The van der Waals surface area contributed by atoms with Crippen molar-refractivity contribution < 1.29 is 5.11 Å². The average molecular weight is 493 g/mol. The molecule has 2 aromatic carbocycles. The second kappa shape index (κ2) is 9.73. The summed E-state index contributed by atoms with van der Waals surface area (Å²) in [5.74, 6) is 0.482. The third-order valence-corrected chi connectivity index (χ3v) is 6.65. The Hall–Kier alpha value is -3.33. The second-order valence-electron chi connectivity index (χ2n) is 9.09. The van der Waals surface area contributed by atoms with Crippen LogP contribution in [0.15, 0.2) is 53.5 Å². The maximum absolute atomic E-state index is 12.9. The monoisotopic (exact) mass is 492 g/mol. The SMILES string of the molecule is Cc1cc(N2CCNC(C)C2)cc2[nH]c(-c3c(NC[C@@H](O)c4cccc(Cl)c4)cc[nH]c3=O)nc12. The minimum absolute atomic E-state index is 0.210. The van der Waals surface area contributed by atoms with Crippen LogP contribution in [0.25, 0.3) is 22.4 Å². The number of rotatable bonds is 6. The van der Waals surface area contributed by atoms with Gasteiger partial charge in [-0.15, -0.1) is 0 Å². The number of H-pyrrole nitrogens is 2. The van der Waals surface area contributed by atoms with Crippen molar-refractivity contribution in [2.45, 2.75) is 26.0 Å². The smallest absolute Gasteiger partial charge is 0.261 e. The van der Waals surface area contributed by atoms with Crippen LogP contribution >= 0.6 is 11.6 Å². The predicted octanol–water partition coefficient (Wildman–Crippen LogP) is 3.82. The lowest BCUT2D eigenvalue weighted by Gasteiger charge is -2.33. The van der Waals surface area contributed by atoms with Crippen LogP contribution in [0.5, 0.6) is 0 Å². The molecule has 0 aliphatic carbocycles. The van der Waals surface area contributed by atoms with Crippen LogP contribution in [0.3, 0.4) is 0 Å². The van der Waals surface area contributed by atoms with Crippen LogP contribution in [0.2, 0.25) is 5.02 Å². The first-order valence-corrected chi connectivity index (χ1v) is 12.1. The van der Waals surface area contributed by atoms with E-state index in [2.05, 4.69) is 44.6 Å². The molecule has 9 heteroatoms. The fourth-order valence-electron chi connectivity index (χ4n) is 4.64. The summed E-state index contributed by atoms with van der Waals surface area (Å²) >= 11 is 6.06. The average Bonchev–Trinajstić information content (AvgIpc) is 3.27. The van der Waals surface area contributed by atoms with Gasteiger partial charge in [0, 0.05) is 49.1 Å². The minimum Gasteiger partial charge on any atom is -0.387 e. The van der Waals surface area contributed by atoms with E-state index < -0.39 is 6.10 Å². The zero-order valence-electron chi connectivity index (χ0n) is 19.7. The molecule has 0 radical (unpaired) electrons. The second-order valence-corrected chi connectivity index (χ2v) is 9.53. The van der Waals surface area contributed by atoms with Gasteiger partial charge in [0.1, 0.15) is 11.4 Å². The Morgan fingerprint density at radius 3 is 2.94 bits per heavy atom. The van der Waals surface area contributed by atoms with Crippen molar-refractivity contribution in [2.75, 3.05) is 36.4 Å². The maximum atomic E-state index is 12.9. The summed E-state index contributed by atoms with van der Waals surface area (Å²) < 4.78 is 0. The summed E-state index contributed by atoms with van der Waals surface area (Å²) in [4.78, 5) is 26.1. The summed E-state index contributed by atoms with van der Waals surface area (Å²) in [6.45, 7) is 7.26. The molecule has 2 aromatic heterocycles. The molecule has 5 rings (SSSR count). The molecule has 1 saturated heterocycles. The lowest BCUT2D eigenvalue weighted by atomic mass is 10.1. The predicted molar refractivity (Wildman–Crippen MR) is 141 cm³/mol. The molecule has 182 valence electrons. The van der Waals surface area contributed by atoms with Gasteiger partial charge in [-0.25, -0.2) is 4.98 Å². The number of piperazine rings is 1. The molecule has 3 heterocycles. The van der Waals surface area contributed by atoms with E-state index in [1.54, 1.807) is 30.5 Å². The first-order valence-electron chi connectivity index (χ1n) is 11.8. The molecule has 1 fully saturated rings. The lowest BCUT2D eigenvalue weighted by molar-refractivity contribution is 0.191. The molecule has 0 amide bonds. The summed E-state index contributed by atoms with van der Waals surface area (Å²) in [5, 5.41) is 17.9. The van der Waals surface area contributed by atoms with Gasteiger partial charge < -0.3 is 30.6 Å². The molecule has 0 bridgehead atoms. The molecule has 2 atom stereocenters. The number of anilines is 2. The number of hydrogen-bond donors (Lipinski definition) is 5. The van der Waals surface area contributed by atoms with Crippen molar-refractivity contribution in [1.82, 2.24) is 20.3 Å². The molecule has 0 spiro atoms. The van der Waals surface area contributed by atoms with Crippen molar-refractivity contribution >= 4 is 34.0 Å². The molecule has 1 aliphatic heterocycles. The molecule has 5 N–H and O–H groups in total. The normalized spacial score (nSPS) is 17.0. The van der Waals surface area contributed by atoms with Crippen molar-refractivity contribution in [3.8, 4) is 11.4 Å². The minimum atomic E-state index is -0.789. The largest absolute Gasteiger partial charge is 0.387 e. The summed E-state index contributed by atoms with van der Waals surface area (Å²) in [6.07, 6.45) is 0.792. The van der Waals surface area contributed by atoms with Crippen LogP contribution < -0.4 is 21.1 Å². The van der Waals surface area contributed by atoms with Crippen molar-refractivity contribution in [2.24, 2.45) is 0 Å². The summed E-state index contributed by atoms with van der Waals surface area (Å²) in [6, 6.07) is 13.6. The highest BCUT2D eigenvalue weighted by Crippen LogP contribution is 2.30. The molecule has 1 aliphatic rings. The van der Waals surface area contributed by atoms with E-state index in [1.165, 1.54) is 0 Å². The van der Waals surface area contributed by atoms with Crippen LogP contribution in [0.4, 0.5) is 11.4 Å². The number of aliphatic hydroxyl groups is 1. The molecule has 0 saturated carbocycles. The van der Waals surface area contributed by atoms with Crippen molar-refractivity contribution in [3.05, 3.63) is 75.2 Å². The van der Waals surface area contributed by atoms with E-state index in [-0.39, 0.29) is 12.1 Å². The van der Waals surface area contributed by atoms with Gasteiger partial charge in [-0.05, 0) is 55.3 Å². The van der Waals surface area contributed by atoms with Gasteiger partial charge in [-0.1, -0.05) is 23.7 Å². The zero-order chi connectivity index (χ0) is 24.5. The number of aryl methyl sites for hydroxylation is 1. The topological polar surface area (TPSA) is 109 Å². The van der Waals surface area contributed by atoms with Crippen LogP contribution in [-0.4, -0.2) is 52.3 Å². The Kier molecular flexibility index (Phi) is 6.51. The first-order chi connectivity index (χ1) is 16.9. The third kappa shape index (κ3) is 4.91. The molecule has 1 unspecified atom stereocenters. The number of aromatic nitrogens is 3. The molecular weight excluding hydrogens is 464 g/mol. The number of nitrogens with one attached hydrogen (secondary N) is 4. The highest BCUT2D eigenvalue weighted by molar-refractivity contribution is 6.30. The number of fused-ring (bicyclic) bond motifs is 1. The van der Waals surface area contributed by atoms with Gasteiger partial charge in [0.2, 0.25) is 0 Å². The highest BCUT2D eigenvalue weighted by atomic mass is 35.5. The Morgan fingerprint density at radius 2 is 2.14 bits per heavy atom. The Morgan fingerprint density at radius 1 is 1.29 bits per heavy atom. The fraction of sp³-hybridized carbons (Fsp3) is 0.308. The van der Waals surface area contributed by atoms with Crippen LogP contribution in [-0.2, 0) is 0 Å². The van der Waals surface area contributed by atoms with Crippen LogP contribution in [0, 0.1) is 6.92 Å². The van der Waals surface area contributed by atoms with Gasteiger partial charge in [0.25, 0.3) is 5.56 Å². The van der Waals surface area contributed by atoms with Crippen LogP contribution in [0.1, 0.15) is 24.2 Å². The standard InChI is InChI=1S/C26H29ClN6O2/c1-15-10-19(33-9-8-28-16(2)14-33)12-21-24(15)32-25(31-21)23-20(6-7-29-26(23)35)30-13-22(34)17-4-3-5-18(27)11-17/h3-7,10-12,16,22,28,34H,8-9,13-14H2,1-2H3,(H,31,32)(H2,29,30,35)/t16?,22-/m1/s1. The summed E-state index contributed by atoms with van der Waals surface area (Å²) in [5.41, 5.74) is 5.33. The van der Waals surface area contributed by atoms with Gasteiger partial charge in [-0.3, -0.25) is 4.79 Å². The molecule has 8 nitrogen and oxygen atoms in total. The van der Waals surface area contributed by atoms with E-state index in [9.17, 15) is 9.90 Å². The Labute approximate surface area is 208 Å². The first kappa shape index (κ1) is 23.4. The Bertz CT molecular complexity index is 1410. The van der Waals surface area contributed by atoms with Crippen molar-refractivity contribution in [3.63, 3.8) is 0 Å². The number of imidazole rings is 1. The van der Waals surface area contributed by atoms with Gasteiger partial charge in [-0.2, -0.15) is 0 Å². The van der Waals surface area contributed by atoms with E-state index in [4.69, 9.17) is 16.6 Å². The van der Waals surface area contributed by atoms with Gasteiger partial charge >= 0.3 is 0 Å². The van der Waals surface area contributed by atoms with E-state index in [1.807, 2.05) is 13.0 Å². The number of hydrogen-bond acceptors (Lipinski definition) is 6. The van der Waals surface area contributed by atoms with E-state index in [0.29, 0.717) is 33.7 Å². The van der Waals surface area contributed by atoms with Gasteiger partial charge in [0.05, 0.1) is 22.8 Å². The Balaban J connectivity index is 1.45. The number of pyridine rings is 1. The fourth-order valence-corrected chi connectivity index (χ4v) is 4.84. The van der Waals surface area contributed by atoms with Gasteiger partial charge in [0.15, 0.2) is 0 Å². The van der Waals surface area contributed by atoms with E-state index >= 15 is 0 Å². The lowest BCUT2D eigenvalue weighted by Crippen LogP contribution is -2.49. The molecule has 4 aromatic rings. The molecule has 35 heavy (non-hydrogen) atoms. The highest BCUT2D eigenvalue weighted by Gasteiger charge is 2.20. The number of aliphatic hydroxyl groups excluding tert-OH is 1. The summed E-state index contributed by atoms with van der Waals surface area (Å²) in [7, 11) is 0. The zero-order valence-corrected chi connectivity index (χ0v) is 20.5. The molecular formula is C26H29ClN6O2. The number of benzene rings is 2. The number of nitrogens with zero attached hydrogens (tertiary/aromatic N) is 2. The third-order valence-electron chi connectivity index (χ3n) is 6.41.